The lowest BCUT2D eigenvalue weighted by molar-refractivity contribution is -0.385. The first-order valence-electron chi connectivity index (χ1n) is 8.66. The smallest absolute Gasteiger partial charge is 0.270 e. The van der Waals surface area contributed by atoms with Gasteiger partial charge >= 0.3 is 0 Å². The van der Waals surface area contributed by atoms with Crippen LogP contribution in [0.1, 0.15) is 19.3 Å². The first-order valence-corrected chi connectivity index (χ1v) is 10.1. The van der Waals surface area contributed by atoms with Crippen LogP contribution in [0.5, 0.6) is 0 Å². The van der Waals surface area contributed by atoms with Crippen LogP contribution >= 0.6 is 0 Å². The summed E-state index contributed by atoms with van der Waals surface area (Å²) in [4.78, 5) is 24.4. The maximum atomic E-state index is 12.7. The maximum Gasteiger partial charge on any atom is 0.270 e. The third-order valence-corrected chi connectivity index (χ3v) is 6.72. The van der Waals surface area contributed by atoms with Crippen molar-refractivity contribution >= 4 is 21.6 Å². The summed E-state index contributed by atoms with van der Waals surface area (Å²) in [6.07, 6.45) is 2.90. The van der Waals surface area contributed by atoms with Gasteiger partial charge in [-0.1, -0.05) is 12.5 Å². The Labute approximate surface area is 152 Å². The van der Waals surface area contributed by atoms with Gasteiger partial charge in [0.05, 0.1) is 15.9 Å². The molecule has 10 heteroatoms. The number of piperidine rings is 1. The number of nitro benzene ring substituents is 1. The fraction of sp³-hybridized carbons (Fsp3) is 0.562. The second-order valence-corrected chi connectivity index (χ2v) is 8.42. The fourth-order valence-electron chi connectivity index (χ4n) is 3.34. The normalized spacial score (nSPS) is 22.2. The summed E-state index contributed by atoms with van der Waals surface area (Å²) < 4.78 is 26.7. The number of nitro groups is 1. The van der Waals surface area contributed by atoms with E-state index in [2.05, 4.69) is 5.32 Å². The minimum Gasteiger partial charge on any atom is -0.339 e. The Morgan fingerprint density at radius 1 is 1.19 bits per heavy atom. The number of non-ortho nitro benzene ring substituents is 1. The fourth-order valence-corrected chi connectivity index (χ4v) is 4.80. The lowest BCUT2D eigenvalue weighted by atomic mass is 10.0. The van der Waals surface area contributed by atoms with Crippen LogP contribution in [-0.4, -0.2) is 67.2 Å². The Hall–Kier alpha value is -2.04. The van der Waals surface area contributed by atoms with E-state index in [9.17, 15) is 23.3 Å². The lowest BCUT2D eigenvalue weighted by Crippen LogP contribution is -2.55. The summed E-state index contributed by atoms with van der Waals surface area (Å²) in [6.45, 7) is 1.85. The number of sulfonamides is 1. The molecule has 1 unspecified atom stereocenters. The van der Waals surface area contributed by atoms with E-state index in [1.54, 1.807) is 4.90 Å². The van der Waals surface area contributed by atoms with Gasteiger partial charge in [0.2, 0.25) is 15.9 Å². The molecule has 2 aliphatic heterocycles. The van der Waals surface area contributed by atoms with Crippen molar-refractivity contribution in [2.75, 3.05) is 32.7 Å². The number of nitrogens with one attached hydrogen (secondary N) is 1. The Morgan fingerprint density at radius 3 is 2.54 bits per heavy atom. The van der Waals surface area contributed by atoms with Gasteiger partial charge < -0.3 is 10.2 Å². The highest BCUT2D eigenvalue weighted by Crippen LogP contribution is 2.22. The van der Waals surface area contributed by atoms with Crippen LogP contribution in [0.25, 0.3) is 0 Å². The van der Waals surface area contributed by atoms with Crippen LogP contribution in [0.4, 0.5) is 5.69 Å². The second kappa shape index (κ2) is 7.68. The number of amides is 1. The highest BCUT2D eigenvalue weighted by Gasteiger charge is 2.33. The standard InChI is InChI=1S/C16H22N4O5S/c21-16(15-6-1-2-7-17-15)18-8-10-19(11-9-18)26(24,25)14-5-3-4-13(12-14)20(22)23/h3-5,12,15,17H,1-2,6-11H2. The van der Waals surface area contributed by atoms with Gasteiger partial charge in [-0.3, -0.25) is 14.9 Å². The Kier molecular flexibility index (Phi) is 5.54. The van der Waals surface area contributed by atoms with Crippen LogP contribution < -0.4 is 5.32 Å². The molecule has 0 radical (unpaired) electrons. The van der Waals surface area contributed by atoms with E-state index in [0.717, 1.165) is 31.9 Å². The molecular formula is C16H22N4O5S. The number of hydrogen-bond acceptors (Lipinski definition) is 6. The molecule has 1 aromatic rings. The van der Waals surface area contributed by atoms with Crippen molar-refractivity contribution in [1.82, 2.24) is 14.5 Å². The van der Waals surface area contributed by atoms with Crippen LogP contribution in [0.3, 0.4) is 0 Å². The largest absolute Gasteiger partial charge is 0.339 e. The topological polar surface area (TPSA) is 113 Å². The predicted octanol–water partition coefficient (Wildman–Crippen LogP) is 0.570. The van der Waals surface area contributed by atoms with Gasteiger partial charge in [0.15, 0.2) is 0 Å². The molecule has 3 rings (SSSR count). The van der Waals surface area contributed by atoms with Crippen LogP contribution in [0.2, 0.25) is 0 Å². The number of benzene rings is 1. The average Bonchev–Trinajstić information content (AvgIpc) is 2.68. The van der Waals surface area contributed by atoms with Crippen molar-refractivity contribution in [3.8, 4) is 0 Å². The van der Waals surface area contributed by atoms with Gasteiger partial charge in [0.1, 0.15) is 0 Å². The summed E-state index contributed by atoms with van der Waals surface area (Å²) in [6, 6.07) is 4.86. The zero-order chi connectivity index (χ0) is 18.7. The molecule has 1 aromatic carbocycles. The summed E-state index contributed by atoms with van der Waals surface area (Å²) in [5, 5.41) is 14.1. The van der Waals surface area contributed by atoms with Crippen molar-refractivity contribution in [1.29, 1.82) is 0 Å². The monoisotopic (exact) mass is 382 g/mol. The first kappa shape index (κ1) is 18.7. The highest BCUT2D eigenvalue weighted by atomic mass is 32.2. The molecular weight excluding hydrogens is 360 g/mol. The molecule has 0 saturated carbocycles. The molecule has 2 aliphatic rings. The highest BCUT2D eigenvalue weighted by molar-refractivity contribution is 7.89. The van der Waals surface area contributed by atoms with Crippen molar-refractivity contribution in [3.63, 3.8) is 0 Å². The van der Waals surface area contributed by atoms with Crippen LogP contribution in [-0.2, 0) is 14.8 Å². The van der Waals surface area contributed by atoms with Gasteiger partial charge in [-0.15, -0.1) is 0 Å². The van der Waals surface area contributed by atoms with Crippen molar-refractivity contribution in [3.05, 3.63) is 34.4 Å². The molecule has 26 heavy (non-hydrogen) atoms. The van der Waals surface area contributed by atoms with Crippen molar-refractivity contribution < 1.29 is 18.1 Å². The molecule has 1 N–H and O–H groups in total. The number of carbonyl (C=O) groups excluding carboxylic acids is 1. The lowest BCUT2D eigenvalue weighted by Gasteiger charge is -2.36. The molecule has 9 nitrogen and oxygen atoms in total. The van der Waals surface area contributed by atoms with Crippen LogP contribution in [0.15, 0.2) is 29.2 Å². The molecule has 0 aromatic heterocycles. The van der Waals surface area contributed by atoms with Gasteiger partial charge in [-0.2, -0.15) is 4.31 Å². The molecule has 1 amide bonds. The van der Waals surface area contributed by atoms with Gasteiger partial charge in [-0.05, 0) is 25.5 Å². The number of hydrogen-bond donors (Lipinski definition) is 1. The summed E-state index contributed by atoms with van der Waals surface area (Å²) in [5.41, 5.74) is -0.261. The molecule has 2 saturated heterocycles. The van der Waals surface area contributed by atoms with Gasteiger partial charge in [0.25, 0.3) is 5.69 Å². The van der Waals surface area contributed by atoms with E-state index in [0.29, 0.717) is 13.1 Å². The molecule has 0 bridgehead atoms. The first-order chi connectivity index (χ1) is 12.4. The molecule has 142 valence electrons. The average molecular weight is 382 g/mol. The Morgan fingerprint density at radius 2 is 1.92 bits per heavy atom. The number of rotatable bonds is 4. The SMILES string of the molecule is O=C(C1CCCCN1)N1CCN(S(=O)(=O)c2cccc([N+](=O)[O-])c2)CC1. The Balaban J connectivity index is 1.66. The zero-order valence-electron chi connectivity index (χ0n) is 14.3. The van der Waals surface area contributed by atoms with Gasteiger partial charge in [-0.25, -0.2) is 8.42 Å². The van der Waals surface area contributed by atoms with E-state index in [1.165, 1.54) is 22.5 Å². The molecule has 2 fully saturated rings. The van der Waals surface area contributed by atoms with Crippen molar-refractivity contribution in [2.45, 2.75) is 30.2 Å². The second-order valence-electron chi connectivity index (χ2n) is 6.49. The third-order valence-electron chi connectivity index (χ3n) is 4.82. The quantitative estimate of drug-likeness (QED) is 0.602. The minimum absolute atomic E-state index is 0.0251. The van der Waals surface area contributed by atoms with Gasteiger partial charge in [0, 0.05) is 38.3 Å². The summed E-state index contributed by atoms with van der Waals surface area (Å²) in [5.74, 6) is 0.0251. The van der Waals surface area contributed by atoms with E-state index in [1.807, 2.05) is 0 Å². The maximum absolute atomic E-state index is 12.7. The zero-order valence-corrected chi connectivity index (χ0v) is 15.2. The number of nitrogens with zero attached hydrogens (tertiary/aromatic N) is 3. The van der Waals surface area contributed by atoms with E-state index in [-0.39, 0.29) is 35.6 Å². The molecule has 1 atom stereocenters. The van der Waals surface area contributed by atoms with E-state index in [4.69, 9.17) is 0 Å². The molecule has 0 aliphatic carbocycles. The summed E-state index contributed by atoms with van der Waals surface area (Å²) in [7, 11) is -3.82. The van der Waals surface area contributed by atoms with Crippen molar-refractivity contribution in [2.24, 2.45) is 0 Å². The molecule has 2 heterocycles. The van der Waals surface area contributed by atoms with E-state index < -0.39 is 14.9 Å². The minimum atomic E-state index is -3.82. The predicted molar refractivity (Wildman–Crippen MR) is 94.1 cm³/mol. The third kappa shape index (κ3) is 3.87. The van der Waals surface area contributed by atoms with Crippen LogP contribution in [0, 0.1) is 10.1 Å². The Bertz CT molecular complexity index is 784. The number of piperazine rings is 1. The summed E-state index contributed by atoms with van der Waals surface area (Å²) >= 11 is 0. The van der Waals surface area contributed by atoms with E-state index >= 15 is 0 Å². The molecule has 0 spiro atoms. The number of carbonyl (C=O) groups is 1.